The molecular formula is C9H17NO2. The van der Waals surface area contributed by atoms with Crippen molar-refractivity contribution in [2.45, 2.75) is 32.7 Å². The molecule has 1 fully saturated rings. The zero-order valence-electron chi connectivity index (χ0n) is 7.71. The SMILES string of the molecule is CC(NCC1CC1)C(C)C(=O)O. The van der Waals surface area contributed by atoms with E-state index in [1.54, 1.807) is 6.92 Å². The second-order valence-electron chi connectivity index (χ2n) is 3.77. The van der Waals surface area contributed by atoms with Crippen molar-refractivity contribution in [2.75, 3.05) is 6.54 Å². The zero-order chi connectivity index (χ0) is 9.14. The number of carboxylic acid groups (broad SMARTS) is 1. The number of aliphatic carboxylic acids is 1. The van der Waals surface area contributed by atoms with E-state index in [9.17, 15) is 4.79 Å². The Morgan fingerprint density at radius 2 is 2.17 bits per heavy atom. The van der Waals surface area contributed by atoms with Gasteiger partial charge < -0.3 is 10.4 Å². The van der Waals surface area contributed by atoms with Gasteiger partial charge in [0.25, 0.3) is 0 Å². The van der Waals surface area contributed by atoms with E-state index < -0.39 is 5.97 Å². The molecule has 0 aromatic carbocycles. The molecule has 0 spiro atoms. The van der Waals surface area contributed by atoms with E-state index in [2.05, 4.69) is 5.32 Å². The molecule has 70 valence electrons. The number of rotatable bonds is 5. The topological polar surface area (TPSA) is 49.3 Å². The van der Waals surface area contributed by atoms with E-state index in [4.69, 9.17) is 5.11 Å². The van der Waals surface area contributed by atoms with Crippen LogP contribution in [-0.4, -0.2) is 23.7 Å². The van der Waals surface area contributed by atoms with Crippen molar-refractivity contribution < 1.29 is 9.90 Å². The van der Waals surface area contributed by atoms with E-state index >= 15 is 0 Å². The van der Waals surface area contributed by atoms with Gasteiger partial charge in [-0.05, 0) is 32.2 Å². The number of hydrogen-bond donors (Lipinski definition) is 2. The van der Waals surface area contributed by atoms with Crippen LogP contribution >= 0.6 is 0 Å². The molecule has 2 atom stereocenters. The highest BCUT2D eigenvalue weighted by Crippen LogP contribution is 2.27. The molecule has 0 bridgehead atoms. The first-order valence-electron chi connectivity index (χ1n) is 4.57. The van der Waals surface area contributed by atoms with Gasteiger partial charge >= 0.3 is 5.97 Å². The monoisotopic (exact) mass is 171 g/mol. The van der Waals surface area contributed by atoms with Crippen molar-refractivity contribution in [3.05, 3.63) is 0 Å². The summed E-state index contributed by atoms with van der Waals surface area (Å²) < 4.78 is 0. The predicted molar refractivity (Wildman–Crippen MR) is 47.0 cm³/mol. The average molecular weight is 171 g/mol. The summed E-state index contributed by atoms with van der Waals surface area (Å²) in [6, 6.07) is 0.0862. The minimum Gasteiger partial charge on any atom is -0.481 e. The molecule has 3 nitrogen and oxygen atoms in total. The van der Waals surface area contributed by atoms with Crippen LogP contribution in [0, 0.1) is 11.8 Å². The van der Waals surface area contributed by atoms with E-state index in [1.807, 2.05) is 6.92 Å². The summed E-state index contributed by atoms with van der Waals surface area (Å²) in [5, 5.41) is 11.9. The molecule has 0 heterocycles. The van der Waals surface area contributed by atoms with Gasteiger partial charge in [-0.25, -0.2) is 0 Å². The van der Waals surface area contributed by atoms with Crippen LogP contribution in [0.3, 0.4) is 0 Å². The van der Waals surface area contributed by atoms with Crippen molar-refractivity contribution in [2.24, 2.45) is 11.8 Å². The highest BCUT2D eigenvalue weighted by atomic mass is 16.4. The Balaban J connectivity index is 2.16. The molecule has 3 heteroatoms. The van der Waals surface area contributed by atoms with Crippen LogP contribution in [0.2, 0.25) is 0 Å². The maximum absolute atomic E-state index is 10.6. The molecule has 0 aromatic heterocycles. The number of carbonyl (C=O) groups is 1. The molecule has 0 aliphatic heterocycles. The molecule has 0 amide bonds. The van der Waals surface area contributed by atoms with Crippen molar-refractivity contribution >= 4 is 5.97 Å². The van der Waals surface area contributed by atoms with Gasteiger partial charge in [0, 0.05) is 6.04 Å². The molecule has 12 heavy (non-hydrogen) atoms. The van der Waals surface area contributed by atoms with Crippen LogP contribution in [0.25, 0.3) is 0 Å². The lowest BCUT2D eigenvalue weighted by Crippen LogP contribution is -2.37. The van der Waals surface area contributed by atoms with Crippen molar-refractivity contribution in [1.29, 1.82) is 0 Å². The van der Waals surface area contributed by atoms with Crippen LogP contribution in [0.15, 0.2) is 0 Å². The molecule has 1 rings (SSSR count). The van der Waals surface area contributed by atoms with Gasteiger partial charge in [0.15, 0.2) is 0 Å². The maximum Gasteiger partial charge on any atom is 0.307 e. The standard InChI is InChI=1S/C9H17NO2/c1-6(9(11)12)7(2)10-5-8-3-4-8/h6-8,10H,3-5H2,1-2H3,(H,11,12). The summed E-state index contributed by atoms with van der Waals surface area (Å²) in [6.07, 6.45) is 2.61. The fraction of sp³-hybridized carbons (Fsp3) is 0.889. The molecule has 0 radical (unpaired) electrons. The van der Waals surface area contributed by atoms with Gasteiger partial charge in [-0.15, -0.1) is 0 Å². The maximum atomic E-state index is 10.6. The van der Waals surface area contributed by atoms with Crippen LogP contribution in [0.1, 0.15) is 26.7 Å². The fourth-order valence-electron chi connectivity index (χ4n) is 1.07. The smallest absolute Gasteiger partial charge is 0.307 e. The lowest BCUT2D eigenvalue weighted by Gasteiger charge is -2.17. The second-order valence-corrected chi connectivity index (χ2v) is 3.77. The number of nitrogens with one attached hydrogen (secondary N) is 1. The summed E-state index contributed by atoms with van der Waals surface area (Å²) in [4.78, 5) is 10.6. The molecule has 1 saturated carbocycles. The molecule has 0 aromatic rings. The molecule has 1 aliphatic carbocycles. The lowest BCUT2D eigenvalue weighted by molar-refractivity contribution is -0.141. The van der Waals surface area contributed by atoms with Gasteiger partial charge in [-0.2, -0.15) is 0 Å². The summed E-state index contributed by atoms with van der Waals surface area (Å²) >= 11 is 0. The summed E-state index contributed by atoms with van der Waals surface area (Å²) in [7, 11) is 0. The highest BCUT2D eigenvalue weighted by molar-refractivity contribution is 5.70. The van der Waals surface area contributed by atoms with E-state index in [0.29, 0.717) is 0 Å². The minimum absolute atomic E-state index is 0.0862. The van der Waals surface area contributed by atoms with E-state index in [-0.39, 0.29) is 12.0 Å². The Morgan fingerprint density at radius 3 is 2.58 bits per heavy atom. The molecule has 1 aliphatic rings. The van der Waals surface area contributed by atoms with Gasteiger partial charge in [0.2, 0.25) is 0 Å². The largest absolute Gasteiger partial charge is 0.481 e. The normalized spacial score (nSPS) is 21.8. The van der Waals surface area contributed by atoms with E-state index in [1.165, 1.54) is 12.8 Å². The molecule has 0 saturated heterocycles. The highest BCUT2D eigenvalue weighted by Gasteiger charge is 2.24. The molecular weight excluding hydrogens is 154 g/mol. The van der Waals surface area contributed by atoms with E-state index in [0.717, 1.165) is 12.5 Å². The van der Waals surface area contributed by atoms with Crippen molar-refractivity contribution in [3.8, 4) is 0 Å². The Hall–Kier alpha value is -0.570. The summed E-state index contributed by atoms with van der Waals surface area (Å²) in [5.74, 6) is -0.192. The third-order valence-electron chi connectivity index (χ3n) is 2.56. The third-order valence-corrected chi connectivity index (χ3v) is 2.56. The quantitative estimate of drug-likeness (QED) is 0.651. The van der Waals surface area contributed by atoms with Crippen LogP contribution in [0.4, 0.5) is 0 Å². The van der Waals surface area contributed by atoms with Crippen molar-refractivity contribution in [3.63, 3.8) is 0 Å². The van der Waals surface area contributed by atoms with Gasteiger partial charge in [-0.3, -0.25) is 4.79 Å². The lowest BCUT2D eigenvalue weighted by atomic mass is 10.0. The Morgan fingerprint density at radius 1 is 1.58 bits per heavy atom. The van der Waals surface area contributed by atoms with Gasteiger partial charge in [0.05, 0.1) is 5.92 Å². The minimum atomic E-state index is -0.717. The Bertz CT molecular complexity index is 166. The fourth-order valence-corrected chi connectivity index (χ4v) is 1.07. The Kier molecular flexibility index (Phi) is 3.09. The van der Waals surface area contributed by atoms with Gasteiger partial charge in [0.1, 0.15) is 0 Å². The van der Waals surface area contributed by atoms with Gasteiger partial charge in [-0.1, -0.05) is 6.92 Å². The van der Waals surface area contributed by atoms with Crippen LogP contribution in [0.5, 0.6) is 0 Å². The average Bonchev–Trinajstić information content (AvgIpc) is 2.81. The van der Waals surface area contributed by atoms with Crippen molar-refractivity contribution in [1.82, 2.24) is 5.32 Å². The van der Waals surface area contributed by atoms with Crippen LogP contribution < -0.4 is 5.32 Å². The first kappa shape index (κ1) is 9.52. The first-order valence-corrected chi connectivity index (χ1v) is 4.57. The zero-order valence-corrected chi connectivity index (χ0v) is 7.71. The van der Waals surface area contributed by atoms with Crippen LogP contribution in [-0.2, 0) is 4.79 Å². The molecule has 2 unspecified atom stereocenters. The second kappa shape index (κ2) is 3.90. The number of hydrogen-bond acceptors (Lipinski definition) is 2. The molecule has 2 N–H and O–H groups in total. The number of carboxylic acids is 1. The first-order chi connectivity index (χ1) is 5.61. The Labute approximate surface area is 73.2 Å². The third kappa shape index (κ3) is 2.81. The predicted octanol–water partition coefficient (Wildman–Crippen LogP) is 1.10. The summed E-state index contributed by atoms with van der Waals surface area (Å²) in [5.41, 5.74) is 0. The summed E-state index contributed by atoms with van der Waals surface area (Å²) in [6.45, 7) is 4.66.